The second-order valence-corrected chi connectivity index (χ2v) is 6.04. The summed E-state index contributed by atoms with van der Waals surface area (Å²) in [5, 5.41) is 8.26. The molecule has 2 aromatic heterocycles. The third kappa shape index (κ3) is 3.21. The summed E-state index contributed by atoms with van der Waals surface area (Å²) in [6.07, 6.45) is 7.99. The van der Waals surface area contributed by atoms with E-state index >= 15 is 0 Å². The first-order chi connectivity index (χ1) is 10.8. The van der Waals surface area contributed by atoms with Crippen molar-refractivity contribution in [3.8, 4) is 0 Å². The summed E-state index contributed by atoms with van der Waals surface area (Å²) in [6.45, 7) is 7.53. The molecule has 0 amide bonds. The third-order valence-electron chi connectivity index (χ3n) is 4.58. The maximum atomic E-state index is 5.17. The van der Waals surface area contributed by atoms with Crippen LogP contribution < -0.4 is 5.32 Å². The fraction of sp³-hybridized carbons (Fsp3) is 0.688. The Morgan fingerprint density at radius 2 is 2.27 bits per heavy atom. The fourth-order valence-corrected chi connectivity index (χ4v) is 3.36. The summed E-state index contributed by atoms with van der Waals surface area (Å²) in [5.41, 5.74) is 1.39. The van der Waals surface area contributed by atoms with Crippen molar-refractivity contribution in [1.82, 2.24) is 20.0 Å². The summed E-state index contributed by atoms with van der Waals surface area (Å²) >= 11 is 0. The number of rotatable bonds is 6. The van der Waals surface area contributed by atoms with Gasteiger partial charge in [0.2, 0.25) is 0 Å². The predicted molar refractivity (Wildman–Crippen MR) is 86.9 cm³/mol. The lowest BCUT2D eigenvalue weighted by Crippen LogP contribution is -2.40. The molecule has 0 unspecified atom stereocenters. The molecule has 1 saturated heterocycles. The van der Waals surface area contributed by atoms with Gasteiger partial charge in [-0.15, -0.1) is 0 Å². The molecule has 1 fully saturated rings. The standard InChI is InChI=1S/C16H25N5O/c1-3-13-7-4-5-9-21(13)10-6-8-17-15-14-12(2)20-22-16(14)19-11-18-15/h11,13H,3-10H2,1-2H3,(H,17,18,19)/t13-/m1/s1. The van der Waals surface area contributed by atoms with Crippen LogP contribution in [-0.4, -0.2) is 45.7 Å². The van der Waals surface area contributed by atoms with Gasteiger partial charge in [-0.1, -0.05) is 18.5 Å². The molecule has 1 aliphatic rings. The van der Waals surface area contributed by atoms with Gasteiger partial charge in [-0.3, -0.25) is 0 Å². The van der Waals surface area contributed by atoms with Crippen molar-refractivity contribution in [3.63, 3.8) is 0 Å². The monoisotopic (exact) mass is 303 g/mol. The van der Waals surface area contributed by atoms with Crippen LogP contribution in [0.25, 0.3) is 11.1 Å². The summed E-state index contributed by atoms with van der Waals surface area (Å²) < 4.78 is 5.17. The summed E-state index contributed by atoms with van der Waals surface area (Å²) in [6, 6.07) is 0.778. The van der Waals surface area contributed by atoms with Gasteiger partial charge in [-0.2, -0.15) is 4.98 Å². The molecule has 0 bridgehead atoms. The van der Waals surface area contributed by atoms with Gasteiger partial charge in [0.05, 0.1) is 5.69 Å². The molecule has 120 valence electrons. The Bertz CT molecular complexity index is 612. The molecule has 2 aromatic rings. The number of anilines is 1. The van der Waals surface area contributed by atoms with Crippen LogP contribution in [0, 0.1) is 6.92 Å². The summed E-state index contributed by atoms with van der Waals surface area (Å²) in [4.78, 5) is 11.1. The van der Waals surface area contributed by atoms with Crippen molar-refractivity contribution in [2.24, 2.45) is 0 Å². The number of aryl methyl sites for hydroxylation is 1. The van der Waals surface area contributed by atoms with Crippen molar-refractivity contribution in [1.29, 1.82) is 0 Å². The van der Waals surface area contributed by atoms with Crippen LogP contribution >= 0.6 is 0 Å². The van der Waals surface area contributed by atoms with Crippen LogP contribution in [0.15, 0.2) is 10.9 Å². The van der Waals surface area contributed by atoms with Crippen LogP contribution in [0.1, 0.15) is 44.7 Å². The van der Waals surface area contributed by atoms with Crippen molar-refractivity contribution in [2.45, 2.75) is 52.0 Å². The molecule has 22 heavy (non-hydrogen) atoms. The largest absolute Gasteiger partial charge is 0.369 e. The molecule has 0 spiro atoms. The highest BCUT2D eigenvalue weighted by Crippen LogP contribution is 2.22. The van der Waals surface area contributed by atoms with E-state index in [1.54, 1.807) is 0 Å². The number of fused-ring (bicyclic) bond motifs is 1. The number of hydrogen-bond acceptors (Lipinski definition) is 6. The van der Waals surface area contributed by atoms with Gasteiger partial charge in [-0.05, 0) is 39.2 Å². The van der Waals surface area contributed by atoms with Crippen molar-refractivity contribution in [3.05, 3.63) is 12.0 Å². The molecule has 0 radical (unpaired) electrons. The number of hydrogen-bond donors (Lipinski definition) is 1. The number of aromatic nitrogens is 3. The topological polar surface area (TPSA) is 67.1 Å². The average Bonchev–Trinajstić information content (AvgIpc) is 2.94. The lowest BCUT2D eigenvalue weighted by Gasteiger charge is -2.35. The van der Waals surface area contributed by atoms with Crippen LogP contribution in [0.2, 0.25) is 0 Å². The van der Waals surface area contributed by atoms with Gasteiger partial charge in [-0.25, -0.2) is 4.98 Å². The smallest absolute Gasteiger partial charge is 0.263 e. The Morgan fingerprint density at radius 3 is 3.14 bits per heavy atom. The second kappa shape index (κ2) is 7.05. The highest BCUT2D eigenvalue weighted by atomic mass is 16.5. The molecule has 6 nitrogen and oxygen atoms in total. The molecule has 0 saturated carbocycles. The SMILES string of the molecule is CC[C@@H]1CCCCN1CCCNc1ncnc2onc(C)c12. The molecule has 1 N–H and O–H groups in total. The van der Waals surface area contributed by atoms with Gasteiger partial charge >= 0.3 is 0 Å². The lowest BCUT2D eigenvalue weighted by atomic mass is 10.00. The van der Waals surface area contributed by atoms with E-state index in [1.165, 1.54) is 38.6 Å². The molecule has 3 heterocycles. The van der Waals surface area contributed by atoms with Crippen molar-refractivity contribution in [2.75, 3.05) is 25.0 Å². The molecular weight excluding hydrogens is 278 g/mol. The van der Waals surface area contributed by atoms with E-state index in [4.69, 9.17) is 4.52 Å². The number of likely N-dealkylation sites (tertiary alicyclic amines) is 1. The maximum Gasteiger partial charge on any atom is 0.263 e. The quantitative estimate of drug-likeness (QED) is 0.828. The van der Waals surface area contributed by atoms with Crippen LogP contribution in [0.3, 0.4) is 0 Å². The zero-order valence-electron chi connectivity index (χ0n) is 13.5. The van der Waals surface area contributed by atoms with Gasteiger partial charge in [0.15, 0.2) is 0 Å². The minimum Gasteiger partial charge on any atom is -0.369 e. The summed E-state index contributed by atoms with van der Waals surface area (Å²) in [5.74, 6) is 0.828. The first kappa shape index (κ1) is 15.2. The van der Waals surface area contributed by atoms with Crippen LogP contribution in [0.5, 0.6) is 0 Å². The first-order valence-corrected chi connectivity index (χ1v) is 8.34. The number of piperidine rings is 1. The molecule has 1 atom stereocenters. The highest BCUT2D eigenvalue weighted by molar-refractivity contribution is 5.87. The minimum absolute atomic E-state index is 0.553. The lowest BCUT2D eigenvalue weighted by molar-refractivity contribution is 0.144. The van der Waals surface area contributed by atoms with Gasteiger partial charge in [0.1, 0.15) is 17.5 Å². The Kier molecular flexibility index (Phi) is 4.87. The number of nitrogens with zero attached hydrogens (tertiary/aromatic N) is 4. The molecule has 3 rings (SSSR count). The second-order valence-electron chi connectivity index (χ2n) is 6.04. The zero-order valence-corrected chi connectivity index (χ0v) is 13.5. The van der Waals surface area contributed by atoms with E-state index in [0.717, 1.165) is 42.5 Å². The predicted octanol–water partition coefficient (Wildman–Crippen LogP) is 2.99. The zero-order chi connectivity index (χ0) is 15.4. The Labute approximate surface area is 131 Å². The first-order valence-electron chi connectivity index (χ1n) is 8.34. The third-order valence-corrected chi connectivity index (χ3v) is 4.58. The van der Waals surface area contributed by atoms with Gasteiger partial charge in [0.25, 0.3) is 5.71 Å². The molecule has 0 aliphatic carbocycles. The fourth-order valence-electron chi connectivity index (χ4n) is 3.36. The van der Waals surface area contributed by atoms with E-state index in [1.807, 2.05) is 6.92 Å². The molecular formula is C16H25N5O. The maximum absolute atomic E-state index is 5.17. The highest BCUT2D eigenvalue weighted by Gasteiger charge is 2.19. The Morgan fingerprint density at radius 1 is 1.36 bits per heavy atom. The van der Waals surface area contributed by atoms with E-state index in [0.29, 0.717) is 5.71 Å². The van der Waals surface area contributed by atoms with Crippen molar-refractivity contribution >= 4 is 16.9 Å². The molecule has 0 aromatic carbocycles. The number of nitrogens with one attached hydrogen (secondary N) is 1. The van der Waals surface area contributed by atoms with Gasteiger partial charge < -0.3 is 14.7 Å². The van der Waals surface area contributed by atoms with E-state index in [2.05, 4.69) is 32.3 Å². The summed E-state index contributed by atoms with van der Waals surface area (Å²) in [7, 11) is 0. The minimum atomic E-state index is 0.553. The molecule has 1 aliphatic heterocycles. The van der Waals surface area contributed by atoms with Crippen molar-refractivity contribution < 1.29 is 4.52 Å². The van der Waals surface area contributed by atoms with Gasteiger partial charge in [0, 0.05) is 19.1 Å². The van der Waals surface area contributed by atoms with Crippen LogP contribution in [0.4, 0.5) is 5.82 Å². The Balaban J connectivity index is 1.53. The normalized spacial score (nSPS) is 19.6. The molecule has 6 heteroatoms. The van der Waals surface area contributed by atoms with E-state index in [-0.39, 0.29) is 0 Å². The van der Waals surface area contributed by atoms with E-state index < -0.39 is 0 Å². The van der Waals surface area contributed by atoms with E-state index in [9.17, 15) is 0 Å². The Hall–Kier alpha value is -1.69. The average molecular weight is 303 g/mol. The van der Waals surface area contributed by atoms with Crippen LogP contribution in [-0.2, 0) is 0 Å².